The van der Waals surface area contributed by atoms with Crippen molar-refractivity contribution in [2.24, 2.45) is 5.41 Å². The van der Waals surface area contributed by atoms with Gasteiger partial charge in [-0.1, -0.05) is 123 Å². The van der Waals surface area contributed by atoms with Crippen molar-refractivity contribution in [1.82, 2.24) is 0 Å². The molecule has 0 radical (unpaired) electrons. The number of carbonyl (C=O) groups is 2. The van der Waals surface area contributed by atoms with Crippen LogP contribution < -0.4 is 0 Å². The maximum absolute atomic E-state index is 11.8. The zero-order valence-electron chi connectivity index (χ0n) is 18.6. The Morgan fingerprint density at radius 3 is 1.00 bits per heavy atom. The van der Waals surface area contributed by atoms with E-state index in [2.05, 4.69) is 13.8 Å². The molecule has 0 aromatic rings. The number of aliphatic carboxylic acids is 2. The summed E-state index contributed by atoms with van der Waals surface area (Å²) in [6.45, 7) is 4.41. The topological polar surface area (TPSA) is 74.6 Å². The minimum atomic E-state index is -1.58. The van der Waals surface area contributed by atoms with Crippen molar-refractivity contribution in [3.8, 4) is 0 Å². The Kier molecular flexibility index (Phi) is 30.4. The quantitative estimate of drug-likeness (QED) is 0.119. The van der Waals surface area contributed by atoms with Crippen molar-refractivity contribution in [3.63, 3.8) is 0 Å². The van der Waals surface area contributed by atoms with Crippen LogP contribution in [0.2, 0.25) is 0 Å². The first-order chi connectivity index (χ1) is 13.5. The summed E-state index contributed by atoms with van der Waals surface area (Å²) in [7, 11) is 0. The van der Waals surface area contributed by atoms with Gasteiger partial charge in [0.15, 0.2) is 5.41 Å². The molecule has 30 heavy (non-hydrogen) atoms. The third-order valence-corrected chi connectivity index (χ3v) is 5.98. The molecule has 0 aliphatic heterocycles. The number of hydrogen-bond donors (Lipinski definition) is 2. The molecule has 0 spiro atoms. The number of hydrogen-bond acceptors (Lipinski definition) is 2. The predicted octanol–water partition coefficient (Wildman–Crippen LogP) is 6.30. The summed E-state index contributed by atoms with van der Waals surface area (Å²) in [5, 5.41) is 19.3. The summed E-state index contributed by atoms with van der Waals surface area (Å²) in [6.07, 6.45) is 19.7. The summed E-state index contributed by atoms with van der Waals surface area (Å²) in [4.78, 5) is 23.6. The van der Waals surface area contributed by atoms with Crippen LogP contribution >= 0.6 is 0 Å². The molecule has 0 saturated carbocycles. The molecule has 0 heterocycles. The van der Waals surface area contributed by atoms with Crippen LogP contribution in [0.3, 0.4) is 0 Å². The molecule has 0 bridgehead atoms. The first-order valence-corrected chi connectivity index (χ1v) is 12.0. The molecule has 0 unspecified atom stereocenters. The van der Waals surface area contributed by atoms with Gasteiger partial charge in [0.2, 0.25) is 0 Å². The number of carboxylic acid groups (broad SMARTS) is 2. The van der Waals surface area contributed by atoms with Crippen molar-refractivity contribution in [3.05, 3.63) is 0 Å². The molecule has 170 valence electrons. The van der Waals surface area contributed by atoms with Gasteiger partial charge in [0, 0.05) is 0 Å². The van der Waals surface area contributed by atoms with Gasteiger partial charge in [-0.25, -0.2) is 0 Å². The van der Waals surface area contributed by atoms with Gasteiger partial charge in [-0.15, -0.1) is 0 Å². The van der Waals surface area contributed by atoms with Crippen LogP contribution in [0.15, 0.2) is 0 Å². The van der Waals surface area contributed by atoms with Crippen LogP contribution in [-0.4, -0.2) is 103 Å². The summed E-state index contributed by atoms with van der Waals surface area (Å²) in [6, 6.07) is 0. The van der Waals surface area contributed by atoms with E-state index in [-0.39, 0.29) is 93.8 Å². The molecule has 0 rings (SSSR count). The van der Waals surface area contributed by atoms with E-state index < -0.39 is 17.4 Å². The van der Waals surface area contributed by atoms with E-state index in [1.54, 1.807) is 0 Å². The molecule has 0 amide bonds. The average molecular weight is 463 g/mol. The first kappa shape index (κ1) is 36.2. The Labute approximate surface area is 250 Å². The van der Waals surface area contributed by atoms with E-state index in [4.69, 9.17) is 0 Å². The van der Waals surface area contributed by atoms with Gasteiger partial charge in [-0.2, -0.15) is 0 Å². The fourth-order valence-corrected chi connectivity index (χ4v) is 3.94. The van der Waals surface area contributed by atoms with Gasteiger partial charge in [-0.05, 0) is 12.8 Å². The molecular weight excluding hydrogens is 414 g/mol. The third-order valence-electron chi connectivity index (χ3n) is 5.98. The molecule has 0 aliphatic rings. The van der Waals surface area contributed by atoms with Gasteiger partial charge < -0.3 is 10.2 Å². The molecule has 0 saturated heterocycles. The summed E-state index contributed by atoms with van der Waals surface area (Å²) < 4.78 is 0. The Hall–Kier alpha value is 1.58. The monoisotopic (exact) mass is 462 g/mol. The molecule has 0 atom stereocenters. The van der Waals surface area contributed by atoms with E-state index in [9.17, 15) is 19.8 Å². The Balaban J connectivity index is -0.00000364. The normalized spacial score (nSPS) is 10.9. The van der Waals surface area contributed by atoms with E-state index >= 15 is 0 Å². The van der Waals surface area contributed by atoms with Crippen molar-refractivity contribution in [2.45, 2.75) is 136 Å². The van der Waals surface area contributed by atoms with Crippen molar-refractivity contribution in [1.29, 1.82) is 0 Å². The Morgan fingerprint density at radius 2 is 0.767 bits per heavy atom. The van der Waals surface area contributed by atoms with Gasteiger partial charge in [0.1, 0.15) is 0 Å². The van der Waals surface area contributed by atoms with Crippen molar-refractivity contribution >= 4 is 92.9 Å². The van der Waals surface area contributed by atoms with E-state index in [0.29, 0.717) is 12.8 Å². The van der Waals surface area contributed by atoms with Crippen LogP contribution in [0.5, 0.6) is 0 Å². The van der Waals surface area contributed by atoms with Crippen LogP contribution in [-0.2, 0) is 9.59 Å². The maximum atomic E-state index is 11.8. The van der Waals surface area contributed by atoms with Crippen LogP contribution in [0.25, 0.3) is 0 Å². The van der Waals surface area contributed by atoms with E-state index in [1.165, 1.54) is 70.6 Å². The minimum absolute atomic E-state index is 0. The molecule has 0 aromatic heterocycles. The van der Waals surface area contributed by atoms with Crippen LogP contribution in [0.1, 0.15) is 136 Å². The van der Waals surface area contributed by atoms with Gasteiger partial charge in [0.25, 0.3) is 0 Å². The zero-order chi connectivity index (χ0) is 21.1. The fourth-order valence-electron chi connectivity index (χ4n) is 3.94. The predicted molar refractivity (Wildman–Crippen MR) is 131 cm³/mol. The van der Waals surface area contributed by atoms with Gasteiger partial charge >= 0.3 is 92.9 Å². The molecule has 2 N–H and O–H groups in total. The Bertz CT molecular complexity index is 391. The number of rotatable bonds is 21. The van der Waals surface area contributed by atoms with Crippen molar-refractivity contribution in [2.75, 3.05) is 0 Å². The fraction of sp³-hybridized carbons (Fsp3) is 0.917. The van der Waals surface area contributed by atoms with Gasteiger partial charge in [0.05, 0.1) is 0 Å². The zero-order valence-corrected chi connectivity index (χ0v) is 18.6. The second kappa shape index (κ2) is 25.2. The molecule has 0 aliphatic carbocycles. The Morgan fingerprint density at radius 1 is 0.533 bits per heavy atom. The second-order valence-electron chi connectivity index (χ2n) is 8.50. The summed E-state index contributed by atoms with van der Waals surface area (Å²) >= 11 is 0. The molecular formula is C24H48KNaO4. The van der Waals surface area contributed by atoms with E-state index in [0.717, 1.165) is 25.7 Å². The van der Waals surface area contributed by atoms with Crippen molar-refractivity contribution < 1.29 is 19.8 Å². The first-order valence-electron chi connectivity index (χ1n) is 12.0. The SMILES string of the molecule is CCCCCCCCCCCCC(CCCCCCCCC)(C(=O)O)C(=O)O.[KH].[NaH]. The number of carboxylic acids is 2. The molecule has 0 aromatic carbocycles. The molecule has 6 heteroatoms. The molecule has 0 fully saturated rings. The van der Waals surface area contributed by atoms with Gasteiger partial charge in [-0.3, -0.25) is 9.59 Å². The van der Waals surface area contributed by atoms with Crippen LogP contribution in [0, 0.1) is 5.41 Å². The standard InChI is InChI=1S/C24H46O4.K.Na.2H/c1-3-5-7-9-11-12-13-15-17-19-21-24(22(25)26,23(27)28)20-18-16-14-10-8-6-4-2;;;;/h3-21H2,1-2H3,(H,25,26)(H,27,28);;;;. The number of unbranched alkanes of at least 4 members (excludes halogenated alkanes) is 15. The summed E-state index contributed by atoms with van der Waals surface area (Å²) in [5.41, 5.74) is -1.58. The third kappa shape index (κ3) is 18.1. The van der Waals surface area contributed by atoms with Crippen LogP contribution in [0.4, 0.5) is 0 Å². The summed E-state index contributed by atoms with van der Waals surface area (Å²) in [5.74, 6) is -2.30. The average Bonchev–Trinajstić information content (AvgIpc) is 2.66. The van der Waals surface area contributed by atoms with E-state index in [1.807, 2.05) is 0 Å². The second-order valence-corrected chi connectivity index (χ2v) is 8.50. The molecule has 4 nitrogen and oxygen atoms in total.